The monoisotopic (exact) mass is 313 g/mol. The molecule has 8 heteroatoms. The molecule has 3 N–H and O–H groups in total. The maximum Gasteiger partial charge on any atom is 0.329 e. The smallest absolute Gasteiger partial charge is 0.329 e. The molecule has 0 fully saturated rings. The van der Waals surface area contributed by atoms with Crippen LogP contribution in [-0.4, -0.2) is 43.4 Å². The molecule has 0 bridgehead atoms. The quantitative estimate of drug-likeness (QED) is 0.311. The van der Waals surface area contributed by atoms with Crippen LogP contribution in [0.15, 0.2) is 23.3 Å². The summed E-state index contributed by atoms with van der Waals surface area (Å²) in [7, 11) is 1.55. The van der Waals surface area contributed by atoms with Crippen molar-refractivity contribution < 1.29 is 19.4 Å². The summed E-state index contributed by atoms with van der Waals surface area (Å²) in [6, 6.07) is 4.42. The van der Waals surface area contributed by atoms with E-state index in [9.17, 15) is 14.7 Å². The fourth-order valence-electron chi connectivity index (χ4n) is 1.32. The largest absolute Gasteiger partial charge is 0.506 e. The first-order valence-electron chi connectivity index (χ1n) is 6.13. The van der Waals surface area contributed by atoms with E-state index in [4.69, 9.17) is 16.3 Å². The molecule has 0 radical (unpaired) electrons. The maximum atomic E-state index is 11.4. The van der Waals surface area contributed by atoms with E-state index < -0.39 is 11.8 Å². The van der Waals surface area contributed by atoms with Gasteiger partial charge in [0.05, 0.1) is 11.2 Å². The van der Waals surface area contributed by atoms with E-state index in [1.807, 2.05) is 0 Å². The minimum absolute atomic E-state index is 0.0479. The first-order chi connectivity index (χ1) is 10.0. The minimum atomic E-state index is -0.867. The Morgan fingerprint density at radius 3 is 2.86 bits per heavy atom. The van der Waals surface area contributed by atoms with Crippen LogP contribution in [0.5, 0.6) is 5.75 Å². The number of amides is 2. The van der Waals surface area contributed by atoms with Crippen molar-refractivity contribution in [1.82, 2.24) is 10.7 Å². The lowest BCUT2D eigenvalue weighted by Crippen LogP contribution is -2.38. The lowest BCUT2D eigenvalue weighted by molar-refractivity contribution is -0.139. The number of hydrogen-bond acceptors (Lipinski definition) is 5. The van der Waals surface area contributed by atoms with Gasteiger partial charge in [-0.05, 0) is 30.2 Å². The lowest BCUT2D eigenvalue weighted by atomic mass is 10.2. The molecule has 1 aromatic rings. The summed E-state index contributed by atoms with van der Waals surface area (Å²) >= 11 is 5.72. The predicted molar refractivity (Wildman–Crippen MR) is 78.4 cm³/mol. The molecule has 0 atom stereocenters. The van der Waals surface area contributed by atoms with Crippen LogP contribution in [0.2, 0.25) is 5.02 Å². The van der Waals surface area contributed by atoms with Crippen LogP contribution < -0.4 is 10.7 Å². The SMILES string of the molecule is COCCCNC(=O)C(=O)N/N=C\c1ccc(O)c(Cl)c1. The molecule has 1 aromatic carbocycles. The van der Waals surface area contributed by atoms with E-state index >= 15 is 0 Å². The fraction of sp³-hybridized carbons (Fsp3) is 0.308. The average molecular weight is 314 g/mol. The summed E-state index contributed by atoms with van der Waals surface area (Å²) in [6.07, 6.45) is 1.92. The number of hydrazone groups is 1. The van der Waals surface area contributed by atoms with Gasteiger partial charge in [0.15, 0.2) is 0 Å². The number of phenols is 1. The number of nitrogens with one attached hydrogen (secondary N) is 2. The van der Waals surface area contributed by atoms with E-state index in [1.54, 1.807) is 13.2 Å². The molecule has 0 aliphatic carbocycles. The molecule has 0 heterocycles. The first-order valence-corrected chi connectivity index (χ1v) is 6.51. The van der Waals surface area contributed by atoms with Gasteiger partial charge in [0.25, 0.3) is 0 Å². The standard InChI is InChI=1S/C13H16ClN3O4/c1-21-6-2-5-15-12(19)13(20)17-16-8-9-3-4-11(18)10(14)7-9/h3-4,7-8,18H,2,5-6H2,1H3,(H,15,19)(H,17,20)/b16-8-. The summed E-state index contributed by atoms with van der Waals surface area (Å²) in [6.45, 7) is 0.846. The van der Waals surface area contributed by atoms with Gasteiger partial charge >= 0.3 is 11.8 Å². The number of carbonyl (C=O) groups is 2. The Bertz CT molecular complexity index is 534. The van der Waals surface area contributed by atoms with E-state index in [2.05, 4.69) is 15.8 Å². The molecule has 0 saturated heterocycles. The van der Waals surface area contributed by atoms with Crippen molar-refractivity contribution in [3.63, 3.8) is 0 Å². The molecule has 2 amide bonds. The Balaban J connectivity index is 2.39. The second-order valence-electron chi connectivity index (χ2n) is 4.01. The summed E-state index contributed by atoms with van der Waals surface area (Å²) < 4.78 is 4.81. The van der Waals surface area contributed by atoms with Crippen LogP contribution >= 0.6 is 11.6 Å². The van der Waals surface area contributed by atoms with Gasteiger partial charge in [0.2, 0.25) is 0 Å². The number of hydrogen-bond donors (Lipinski definition) is 3. The van der Waals surface area contributed by atoms with Crippen molar-refractivity contribution in [2.45, 2.75) is 6.42 Å². The van der Waals surface area contributed by atoms with Gasteiger partial charge in [0.1, 0.15) is 5.75 Å². The minimum Gasteiger partial charge on any atom is -0.506 e. The Hall–Kier alpha value is -2.12. The van der Waals surface area contributed by atoms with E-state index in [1.165, 1.54) is 18.3 Å². The van der Waals surface area contributed by atoms with E-state index in [0.29, 0.717) is 25.1 Å². The van der Waals surface area contributed by atoms with Gasteiger partial charge < -0.3 is 15.2 Å². The summed E-state index contributed by atoms with van der Waals surface area (Å²) in [4.78, 5) is 22.7. The second-order valence-corrected chi connectivity index (χ2v) is 4.42. The van der Waals surface area contributed by atoms with Crippen LogP contribution in [0.3, 0.4) is 0 Å². The third-order valence-corrected chi connectivity index (χ3v) is 2.67. The summed E-state index contributed by atoms with van der Waals surface area (Å²) in [5, 5.41) is 15.5. The van der Waals surface area contributed by atoms with Crippen molar-refractivity contribution in [1.29, 1.82) is 0 Å². The molecule has 21 heavy (non-hydrogen) atoms. The van der Waals surface area contributed by atoms with E-state index in [0.717, 1.165) is 0 Å². The predicted octanol–water partition coefficient (Wildman–Crippen LogP) is 0.648. The van der Waals surface area contributed by atoms with Crippen LogP contribution in [0.4, 0.5) is 0 Å². The Labute approximate surface area is 126 Å². The fourth-order valence-corrected chi connectivity index (χ4v) is 1.51. The molecule has 0 aliphatic rings. The molecule has 0 spiro atoms. The molecule has 0 unspecified atom stereocenters. The lowest BCUT2D eigenvalue weighted by Gasteiger charge is -2.03. The van der Waals surface area contributed by atoms with Gasteiger partial charge in [-0.15, -0.1) is 0 Å². The van der Waals surface area contributed by atoms with Gasteiger partial charge in [-0.2, -0.15) is 5.10 Å². The Morgan fingerprint density at radius 1 is 1.43 bits per heavy atom. The first kappa shape index (κ1) is 16.9. The number of aromatic hydroxyl groups is 1. The van der Waals surface area contributed by atoms with Crippen molar-refractivity contribution in [2.24, 2.45) is 5.10 Å². The highest BCUT2D eigenvalue weighted by molar-refractivity contribution is 6.35. The number of ether oxygens (including phenoxy) is 1. The third kappa shape index (κ3) is 6.24. The summed E-state index contributed by atoms with van der Waals surface area (Å²) in [5.74, 6) is -1.69. The number of nitrogens with zero attached hydrogens (tertiary/aromatic N) is 1. The number of halogens is 1. The molecule has 7 nitrogen and oxygen atoms in total. The van der Waals surface area contributed by atoms with Crippen LogP contribution in [0, 0.1) is 0 Å². The molecular formula is C13H16ClN3O4. The van der Waals surface area contributed by atoms with Crippen LogP contribution in [0.1, 0.15) is 12.0 Å². The van der Waals surface area contributed by atoms with Crippen LogP contribution in [0.25, 0.3) is 0 Å². The van der Waals surface area contributed by atoms with Gasteiger partial charge in [-0.1, -0.05) is 11.6 Å². The highest BCUT2D eigenvalue weighted by Gasteiger charge is 2.11. The average Bonchev–Trinajstić information content (AvgIpc) is 2.47. The van der Waals surface area contributed by atoms with Gasteiger partial charge in [-0.25, -0.2) is 5.43 Å². The third-order valence-electron chi connectivity index (χ3n) is 2.37. The molecule has 0 aromatic heterocycles. The number of phenolic OH excluding ortho intramolecular Hbond substituents is 1. The topological polar surface area (TPSA) is 100 Å². The van der Waals surface area contributed by atoms with Gasteiger partial charge in [0, 0.05) is 20.3 Å². The van der Waals surface area contributed by atoms with Crippen molar-refractivity contribution in [2.75, 3.05) is 20.3 Å². The highest BCUT2D eigenvalue weighted by atomic mass is 35.5. The molecule has 0 saturated carbocycles. The zero-order valence-corrected chi connectivity index (χ0v) is 12.2. The second kappa shape index (κ2) is 8.93. The highest BCUT2D eigenvalue weighted by Crippen LogP contribution is 2.22. The number of methoxy groups -OCH3 is 1. The maximum absolute atomic E-state index is 11.4. The molecule has 1 rings (SSSR count). The normalized spacial score (nSPS) is 10.6. The zero-order chi connectivity index (χ0) is 15.7. The number of benzene rings is 1. The van der Waals surface area contributed by atoms with Gasteiger partial charge in [-0.3, -0.25) is 9.59 Å². The molecular weight excluding hydrogens is 298 g/mol. The van der Waals surface area contributed by atoms with Crippen molar-refractivity contribution >= 4 is 29.6 Å². The molecule has 114 valence electrons. The zero-order valence-electron chi connectivity index (χ0n) is 11.4. The van der Waals surface area contributed by atoms with Crippen molar-refractivity contribution in [3.05, 3.63) is 28.8 Å². The molecule has 0 aliphatic heterocycles. The van der Waals surface area contributed by atoms with E-state index in [-0.39, 0.29) is 10.8 Å². The van der Waals surface area contributed by atoms with Crippen molar-refractivity contribution in [3.8, 4) is 5.75 Å². The van der Waals surface area contributed by atoms with Crippen LogP contribution in [-0.2, 0) is 14.3 Å². The Morgan fingerprint density at radius 2 is 2.19 bits per heavy atom. The number of rotatable bonds is 6. The Kier molecular flexibility index (Phi) is 7.20. The summed E-state index contributed by atoms with van der Waals surface area (Å²) in [5.41, 5.74) is 2.66. The number of carbonyl (C=O) groups excluding carboxylic acids is 2.